The van der Waals surface area contributed by atoms with E-state index in [2.05, 4.69) is 32.9 Å². The number of Topliss-reactive ketones (excluding diaryl/α,β-unsaturated/α-hetero) is 1. The maximum absolute atomic E-state index is 11.3. The summed E-state index contributed by atoms with van der Waals surface area (Å²) in [7, 11) is 0. The number of hydrogen-bond acceptors (Lipinski definition) is 3. The lowest BCUT2D eigenvalue weighted by molar-refractivity contribution is -0.145. The number of aliphatic hydroxyl groups excluding tert-OH is 1. The number of allylic oxidation sites excluding steroid dienone is 5. The van der Waals surface area contributed by atoms with Crippen LogP contribution in [0.5, 0.6) is 0 Å². The van der Waals surface area contributed by atoms with Crippen LogP contribution in [0.3, 0.4) is 0 Å². The smallest absolute Gasteiger partial charge is 0.314 e. The number of carboxylic acids is 1. The van der Waals surface area contributed by atoms with Crippen molar-refractivity contribution in [2.24, 2.45) is 5.92 Å². The van der Waals surface area contributed by atoms with Crippen molar-refractivity contribution in [1.29, 1.82) is 0 Å². The molecule has 0 radical (unpaired) electrons. The van der Waals surface area contributed by atoms with Gasteiger partial charge in [-0.2, -0.15) is 0 Å². The zero-order chi connectivity index (χ0) is 17.8. The van der Waals surface area contributed by atoms with Crippen molar-refractivity contribution in [2.45, 2.75) is 59.8 Å². The Morgan fingerprint density at radius 3 is 2.04 bits per heavy atom. The second-order valence-corrected chi connectivity index (χ2v) is 6.17. The summed E-state index contributed by atoms with van der Waals surface area (Å²) in [5.41, 5.74) is 3.42. The van der Waals surface area contributed by atoms with E-state index in [9.17, 15) is 14.7 Å². The SMILES string of the molecule is CC(=O)C(CC=C(CO)CCC=C(C)CCC=C(C)C)C(=O)O. The highest BCUT2D eigenvalue weighted by Crippen LogP contribution is 2.14. The minimum absolute atomic E-state index is 0.102. The maximum atomic E-state index is 11.3. The fourth-order valence-electron chi connectivity index (χ4n) is 2.17. The number of ketones is 1. The summed E-state index contributed by atoms with van der Waals surface area (Å²) in [4.78, 5) is 22.2. The number of rotatable bonds is 11. The minimum atomic E-state index is -1.11. The Morgan fingerprint density at radius 2 is 1.57 bits per heavy atom. The topological polar surface area (TPSA) is 74.6 Å². The summed E-state index contributed by atoms with van der Waals surface area (Å²) >= 11 is 0. The lowest BCUT2D eigenvalue weighted by Crippen LogP contribution is -2.20. The number of aliphatic hydroxyl groups is 1. The molecule has 0 aliphatic rings. The van der Waals surface area contributed by atoms with Gasteiger partial charge >= 0.3 is 5.97 Å². The first-order valence-electron chi connectivity index (χ1n) is 8.09. The monoisotopic (exact) mass is 322 g/mol. The highest BCUT2D eigenvalue weighted by Gasteiger charge is 2.21. The molecule has 1 unspecified atom stereocenters. The van der Waals surface area contributed by atoms with Crippen LogP contribution in [-0.2, 0) is 9.59 Å². The molecule has 0 rings (SSSR count). The van der Waals surface area contributed by atoms with Gasteiger partial charge in [-0.1, -0.05) is 29.4 Å². The number of hydrogen-bond donors (Lipinski definition) is 2. The van der Waals surface area contributed by atoms with Gasteiger partial charge in [0.15, 0.2) is 0 Å². The highest BCUT2D eigenvalue weighted by molar-refractivity contribution is 5.96. The van der Waals surface area contributed by atoms with Crippen molar-refractivity contribution in [3.63, 3.8) is 0 Å². The van der Waals surface area contributed by atoms with Crippen LogP contribution in [0.4, 0.5) is 0 Å². The average molecular weight is 322 g/mol. The quantitative estimate of drug-likeness (QED) is 0.444. The minimum Gasteiger partial charge on any atom is -0.481 e. The largest absolute Gasteiger partial charge is 0.481 e. The molecule has 0 bridgehead atoms. The van der Waals surface area contributed by atoms with Crippen LogP contribution in [0.15, 0.2) is 34.9 Å². The summed E-state index contributed by atoms with van der Waals surface area (Å²) in [6, 6.07) is 0. The third-order valence-electron chi connectivity index (χ3n) is 3.68. The van der Waals surface area contributed by atoms with E-state index in [1.54, 1.807) is 6.08 Å². The molecule has 4 nitrogen and oxygen atoms in total. The van der Waals surface area contributed by atoms with Crippen LogP contribution in [0.1, 0.15) is 59.8 Å². The van der Waals surface area contributed by atoms with E-state index in [0.717, 1.165) is 24.8 Å². The zero-order valence-electron chi connectivity index (χ0n) is 14.8. The lowest BCUT2D eigenvalue weighted by atomic mass is 9.98. The number of carbonyl (C=O) groups excluding carboxylic acids is 1. The molecule has 4 heteroatoms. The van der Waals surface area contributed by atoms with Gasteiger partial charge < -0.3 is 10.2 Å². The van der Waals surface area contributed by atoms with Crippen molar-refractivity contribution in [1.82, 2.24) is 0 Å². The van der Waals surface area contributed by atoms with Gasteiger partial charge in [-0.15, -0.1) is 0 Å². The fraction of sp³-hybridized carbons (Fsp3) is 0.579. The molecule has 0 aliphatic carbocycles. The summed E-state index contributed by atoms with van der Waals surface area (Å²) in [5, 5.41) is 18.3. The Bertz CT molecular complexity index is 466. The van der Waals surface area contributed by atoms with E-state index in [1.165, 1.54) is 18.1 Å². The molecule has 0 heterocycles. The first kappa shape index (κ1) is 21.3. The normalized spacial score (nSPS) is 13.6. The summed E-state index contributed by atoms with van der Waals surface area (Å²) in [5.74, 6) is -2.49. The number of carbonyl (C=O) groups is 2. The Balaban J connectivity index is 4.43. The van der Waals surface area contributed by atoms with Gasteiger partial charge in [-0.3, -0.25) is 9.59 Å². The number of carboxylic acid groups (broad SMARTS) is 1. The van der Waals surface area contributed by atoms with Gasteiger partial charge in [0, 0.05) is 0 Å². The first-order chi connectivity index (χ1) is 10.8. The first-order valence-corrected chi connectivity index (χ1v) is 8.09. The molecular formula is C19H30O4. The van der Waals surface area contributed by atoms with E-state index in [0.29, 0.717) is 6.42 Å². The second-order valence-electron chi connectivity index (χ2n) is 6.17. The van der Waals surface area contributed by atoms with Crippen molar-refractivity contribution in [3.8, 4) is 0 Å². The molecule has 0 aliphatic heterocycles. The molecule has 2 N–H and O–H groups in total. The average Bonchev–Trinajstić information content (AvgIpc) is 2.44. The van der Waals surface area contributed by atoms with E-state index in [-0.39, 0.29) is 18.8 Å². The fourth-order valence-corrected chi connectivity index (χ4v) is 2.17. The molecule has 130 valence electrons. The molecule has 0 aromatic heterocycles. The summed E-state index contributed by atoms with van der Waals surface area (Å²) in [6.45, 7) is 7.45. The van der Waals surface area contributed by atoms with Crippen molar-refractivity contribution in [2.75, 3.05) is 6.61 Å². The standard InChI is InChI=1S/C19H30O4/c1-14(2)7-5-8-15(3)9-6-10-17(13-20)11-12-18(16(4)21)19(22)23/h7,9,11,18,20H,5-6,8,10,12-13H2,1-4H3,(H,22,23). The summed E-state index contributed by atoms with van der Waals surface area (Å²) in [6.07, 6.45) is 9.75. The predicted octanol–water partition coefficient (Wildman–Crippen LogP) is 4.06. The van der Waals surface area contributed by atoms with Crippen LogP contribution in [0.2, 0.25) is 0 Å². The van der Waals surface area contributed by atoms with Gasteiger partial charge in [0.1, 0.15) is 11.7 Å². The molecule has 23 heavy (non-hydrogen) atoms. The molecule has 0 amide bonds. The van der Waals surface area contributed by atoms with E-state index in [4.69, 9.17) is 5.11 Å². The summed E-state index contributed by atoms with van der Waals surface area (Å²) < 4.78 is 0. The van der Waals surface area contributed by atoms with E-state index >= 15 is 0 Å². The van der Waals surface area contributed by atoms with E-state index in [1.807, 2.05) is 0 Å². The molecular weight excluding hydrogens is 292 g/mol. The third kappa shape index (κ3) is 10.6. The van der Waals surface area contributed by atoms with Gasteiger partial charge in [0.05, 0.1) is 6.61 Å². The van der Waals surface area contributed by atoms with Gasteiger partial charge in [0.25, 0.3) is 0 Å². The highest BCUT2D eigenvalue weighted by atomic mass is 16.4. The number of aliphatic carboxylic acids is 1. The van der Waals surface area contributed by atoms with Crippen LogP contribution >= 0.6 is 0 Å². The zero-order valence-corrected chi connectivity index (χ0v) is 14.8. The van der Waals surface area contributed by atoms with Crippen LogP contribution in [0, 0.1) is 5.92 Å². The van der Waals surface area contributed by atoms with Gasteiger partial charge in [-0.05, 0) is 65.4 Å². The van der Waals surface area contributed by atoms with Crippen LogP contribution < -0.4 is 0 Å². The molecule has 0 saturated carbocycles. The van der Waals surface area contributed by atoms with Crippen molar-refractivity contribution >= 4 is 11.8 Å². The molecule has 0 aromatic carbocycles. The molecule has 1 atom stereocenters. The maximum Gasteiger partial charge on any atom is 0.314 e. The molecule has 0 fully saturated rings. The Hall–Kier alpha value is -1.68. The Labute approximate surface area is 139 Å². The molecule has 0 saturated heterocycles. The Morgan fingerprint density at radius 1 is 0.957 bits per heavy atom. The second kappa shape index (κ2) is 11.8. The van der Waals surface area contributed by atoms with Crippen molar-refractivity contribution < 1.29 is 19.8 Å². The van der Waals surface area contributed by atoms with Crippen molar-refractivity contribution in [3.05, 3.63) is 34.9 Å². The lowest BCUT2D eigenvalue weighted by Gasteiger charge is -2.07. The third-order valence-corrected chi connectivity index (χ3v) is 3.68. The van der Waals surface area contributed by atoms with Gasteiger partial charge in [-0.25, -0.2) is 0 Å². The Kier molecular flexibility index (Phi) is 11.0. The van der Waals surface area contributed by atoms with E-state index < -0.39 is 11.9 Å². The van der Waals surface area contributed by atoms with Gasteiger partial charge in [0.2, 0.25) is 0 Å². The van der Waals surface area contributed by atoms with Crippen LogP contribution in [-0.4, -0.2) is 28.6 Å². The predicted molar refractivity (Wildman–Crippen MR) is 93.2 cm³/mol. The molecule has 0 spiro atoms. The molecule has 0 aromatic rings. The van der Waals surface area contributed by atoms with Crippen LogP contribution in [0.25, 0.3) is 0 Å².